The molecule has 5 heteroatoms. The number of H-pyrrole nitrogens is 1. The van der Waals surface area contributed by atoms with Crippen molar-refractivity contribution in [3.63, 3.8) is 0 Å². The van der Waals surface area contributed by atoms with Gasteiger partial charge in [-0.1, -0.05) is 37.3 Å². The predicted molar refractivity (Wildman–Crippen MR) is 97.4 cm³/mol. The molecule has 1 amide bonds. The number of rotatable bonds is 4. The Kier molecular flexibility index (Phi) is 5.23. The number of hydrogen-bond acceptors (Lipinski definition) is 3. The number of carbonyl (C=O) groups is 1. The van der Waals surface area contributed by atoms with E-state index in [0.29, 0.717) is 19.6 Å². The summed E-state index contributed by atoms with van der Waals surface area (Å²) in [6.07, 6.45) is 0.550. The van der Waals surface area contributed by atoms with E-state index in [1.54, 1.807) is 0 Å². The van der Waals surface area contributed by atoms with Crippen molar-refractivity contribution in [2.24, 2.45) is 0 Å². The standard InChI is InChI=1S/C20H27N3O2/c1-13(20-15(3)21-22-16(20)4)10-19(24)23-11-14(2)25-12-18(23)17-8-6-5-7-9-17/h5-9,13-14,18H,10-12H2,1-4H3,(H,21,22). The molecule has 3 atom stereocenters. The van der Waals surface area contributed by atoms with Gasteiger partial charge in [-0.15, -0.1) is 0 Å². The molecule has 1 fully saturated rings. The number of ether oxygens (including phenoxy) is 1. The van der Waals surface area contributed by atoms with Crippen LogP contribution < -0.4 is 0 Å². The molecule has 0 bridgehead atoms. The zero-order valence-electron chi connectivity index (χ0n) is 15.5. The molecular formula is C20H27N3O2. The second kappa shape index (κ2) is 7.40. The van der Waals surface area contributed by atoms with Crippen LogP contribution in [0.5, 0.6) is 0 Å². The lowest BCUT2D eigenvalue weighted by molar-refractivity contribution is -0.145. The molecule has 3 rings (SSSR count). The van der Waals surface area contributed by atoms with Gasteiger partial charge in [-0.25, -0.2) is 0 Å². The molecule has 134 valence electrons. The smallest absolute Gasteiger partial charge is 0.223 e. The van der Waals surface area contributed by atoms with Crippen molar-refractivity contribution in [2.75, 3.05) is 13.2 Å². The lowest BCUT2D eigenvalue weighted by atomic mass is 9.94. The van der Waals surface area contributed by atoms with Crippen molar-refractivity contribution in [2.45, 2.75) is 52.2 Å². The first-order valence-electron chi connectivity index (χ1n) is 8.94. The largest absolute Gasteiger partial charge is 0.374 e. The zero-order valence-corrected chi connectivity index (χ0v) is 15.5. The molecule has 1 aliphatic rings. The highest BCUT2D eigenvalue weighted by molar-refractivity contribution is 5.78. The molecule has 5 nitrogen and oxygen atoms in total. The van der Waals surface area contributed by atoms with Gasteiger partial charge < -0.3 is 9.64 Å². The quantitative estimate of drug-likeness (QED) is 0.926. The molecule has 1 aromatic heterocycles. The third kappa shape index (κ3) is 3.76. The molecule has 0 spiro atoms. The lowest BCUT2D eigenvalue weighted by Crippen LogP contribution is -2.47. The maximum absolute atomic E-state index is 13.1. The summed E-state index contributed by atoms with van der Waals surface area (Å²) >= 11 is 0. The van der Waals surface area contributed by atoms with Crippen LogP contribution in [-0.2, 0) is 9.53 Å². The van der Waals surface area contributed by atoms with Crippen LogP contribution in [0.2, 0.25) is 0 Å². The number of aryl methyl sites for hydroxylation is 2. The van der Waals surface area contributed by atoms with Crippen LogP contribution in [0, 0.1) is 13.8 Å². The van der Waals surface area contributed by atoms with E-state index in [0.717, 1.165) is 22.5 Å². The summed E-state index contributed by atoms with van der Waals surface area (Å²) in [5.74, 6) is 0.317. The van der Waals surface area contributed by atoms with Crippen LogP contribution in [0.3, 0.4) is 0 Å². The monoisotopic (exact) mass is 341 g/mol. The summed E-state index contributed by atoms with van der Waals surface area (Å²) in [6.45, 7) is 9.31. The average molecular weight is 341 g/mol. The first-order chi connectivity index (χ1) is 12.0. The SMILES string of the molecule is Cc1n[nH]c(C)c1C(C)CC(=O)N1CC(C)OCC1c1ccccc1. The average Bonchev–Trinajstić information content (AvgIpc) is 2.94. The number of nitrogens with one attached hydrogen (secondary N) is 1. The molecule has 3 unspecified atom stereocenters. The van der Waals surface area contributed by atoms with Gasteiger partial charge in [0.25, 0.3) is 0 Å². The third-order valence-electron chi connectivity index (χ3n) is 5.03. The van der Waals surface area contributed by atoms with Gasteiger partial charge in [0.15, 0.2) is 0 Å². The maximum Gasteiger partial charge on any atom is 0.223 e. The van der Waals surface area contributed by atoms with Crippen molar-refractivity contribution < 1.29 is 9.53 Å². The Balaban J connectivity index is 1.78. The van der Waals surface area contributed by atoms with E-state index in [1.165, 1.54) is 0 Å². The van der Waals surface area contributed by atoms with Crippen LogP contribution >= 0.6 is 0 Å². The number of carbonyl (C=O) groups excluding carboxylic acids is 1. The van der Waals surface area contributed by atoms with E-state index in [-0.39, 0.29) is 24.0 Å². The molecule has 0 radical (unpaired) electrons. The van der Waals surface area contributed by atoms with Crippen LogP contribution in [-0.4, -0.2) is 40.3 Å². The summed E-state index contributed by atoms with van der Waals surface area (Å²) < 4.78 is 5.83. The molecule has 1 N–H and O–H groups in total. The minimum absolute atomic E-state index is 0.0105. The Bertz CT molecular complexity index is 706. The topological polar surface area (TPSA) is 58.2 Å². The van der Waals surface area contributed by atoms with Crippen LogP contribution in [0.25, 0.3) is 0 Å². The number of hydrogen-bond donors (Lipinski definition) is 1. The van der Waals surface area contributed by atoms with Crippen LogP contribution in [0.1, 0.15) is 54.7 Å². The molecule has 1 aromatic carbocycles. The fourth-order valence-corrected chi connectivity index (χ4v) is 3.80. The first-order valence-corrected chi connectivity index (χ1v) is 8.94. The van der Waals surface area contributed by atoms with Crippen molar-refractivity contribution in [1.29, 1.82) is 0 Å². The minimum Gasteiger partial charge on any atom is -0.374 e. The molecule has 2 heterocycles. The number of nitrogens with zero attached hydrogens (tertiary/aromatic N) is 2. The second-order valence-electron chi connectivity index (χ2n) is 7.07. The van der Waals surface area contributed by atoms with Crippen LogP contribution in [0.15, 0.2) is 30.3 Å². The van der Waals surface area contributed by atoms with Gasteiger partial charge >= 0.3 is 0 Å². The highest BCUT2D eigenvalue weighted by Crippen LogP contribution is 2.30. The third-order valence-corrected chi connectivity index (χ3v) is 5.03. The van der Waals surface area contributed by atoms with Gasteiger partial charge in [-0.2, -0.15) is 5.10 Å². The fraction of sp³-hybridized carbons (Fsp3) is 0.500. The molecule has 2 aromatic rings. The summed E-state index contributed by atoms with van der Waals surface area (Å²) in [4.78, 5) is 15.1. The van der Waals surface area contributed by atoms with Gasteiger partial charge in [0.05, 0.1) is 24.4 Å². The highest BCUT2D eigenvalue weighted by Gasteiger charge is 2.32. The normalized spacial score (nSPS) is 22.0. The summed E-state index contributed by atoms with van der Waals surface area (Å²) in [6, 6.07) is 10.1. The number of aromatic amines is 1. The van der Waals surface area contributed by atoms with Gasteiger partial charge in [0.1, 0.15) is 0 Å². The van der Waals surface area contributed by atoms with Crippen molar-refractivity contribution in [3.8, 4) is 0 Å². The molecule has 0 saturated carbocycles. The zero-order chi connectivity index (χ0) is 18.0. The maximum atomic E-state index is 13.1. The molecular weight excluding hydrogens is 314 g/mol. The Morgan fingerprint density at radius 3 is 2.72 bits per heavy atom. The van der Waals surface area contributed by atoms with E-state index in [2.05, 4.69) is 29.3 Å². The Labute approximate surface area is 149 Å². The van der Waals surface area contributed by atoms with E-state index in [1.807, 2.05) is 43.9 Å². The highest BCUT2D eigenvalue weighted by atomic mass is 16.5. The van der Waals surface area contributed by atoms with Gasteiger partial charge in [-0.05, 0) is 37.8 Å². The summed E-state index contributed by atoms with van der Waals surface area (Å²) in [7, 11) is 0. The molecule has 0 aliphatic carbocycles. The Hall–Kier alpha value is -2.14. The van der Waals surface area contributed by atoms with Gasteiger partial charge in [0.2, 0.25) is 5.91 Å². The number of aromatic nitrogens is 2. The van der Waals surface area contributed by atoms with E-state index in [4.69, 9.17) is 4.74 Å². The van der Waals surface area contributed by atoms with E-state index in [9.17, 15) is 4.79 Å². The van der Waals surface area contributed by atoms with Gasteiger partial charge in [-0.3, -0.25) is 9.89 Å². The number of morpholine rings is 1. The molecule has 25 heavy (non-hydrogen) atoms. The van der Waals surface area contributed by atoms with E-state index < -0.39 is 0 Å². The van der Waals surface area contributed by atoms with Gasteiger partial charge in [0, 0.05) is 18.7 Å². The number of amides is 1. The fourth-order valence-electron chi connectivity index (χ4n) is 3.80. The summed E-state index contributed by atoms with van der Waals surface area (Å²) in [5, 5.41) is 7.28. The minimum atomic E-state index is -0.0105. The predicted octanol–water partition coefficient (Wildman–Crippen LogP) is 3.51. The Morgan fingerprint density at radius 2 is 2.08 bits per heavy atom. The molecule has 1 aliphatic heterocycles. The van der Waals surface area contributed by atoms with Crippen molar-refractivity contribution >= 4 is 5.91 Å². The van der Waals surface area contributed by atoms with Crippen LogP contribution in [0.4, 0.5) is 0 Å². The van der Waals surface area contributed by atoms with Crippen molar-refractivity contribution in [3.05, 3.63) is 52.8 Å². The number of benzene rings is 1. The first kappa shape index (κ1) is 17.7. The van der Waals surface area contributed by atoms with E-state index >= 15 is 0 Å². The lowest BCUT2D eigenvalue weighted by Gasteiger charge is -2.39. The second-order valence-corrected chi connectivity index (χ2v) is 7.07. The summed E-state index contributed by atoms with van der Waals surface area (Å²) in [5.41, 5.74) is 4.32. The Morgan fingerprint density at radius 1 is 1.36 bits per heavy atom. The molecule has 1 saturated heterocycles. The van der Waals surface area contributed by atoms with Crippen molar-refractivity contribution in [1.82, 2.24) is 15.1 Å².